The van der Waals surface area contributed by atoms with E-state index in [-0.39, 0.29) is 12.5 Å². The van der Waals surface area contributed by atoms with Gasteiger partial charge in [-0.3, -0.25) is 4.79 Å². The lowest BCUT2D eigenvalue weighted by Crippen LogP contribution is -2.48. The number of carbonyl (C=O) groups excluding carboxylic acids is 1. The van der Waals surface area contributed by atoms with Crippen molar-refractivity contribution in [2.24, 2.45) is 0 Å². The van der Waals surface area contributed by atoms with E-state index in [0.29, 0.717) is 32.8 Å². The minimum absolute atomic E-state index is 0.000321. The number of rotatable bonds is 5. The Morgan fingerprint density at radius 3 is 3.25 bits per heavy atom. The molecule has 1 saturated heterocycles. The van der Waals surface area contributed by atoms with Crippen LogP contribution in [-0.4, -0.2) is 63.4 Å². The van der Waals surface area contributed by atoms with Gasteiger partial charge in [0, 0.05) is 20.2 Å². The molecule has 0 radical (unpaired) electrons. The lowest BCUT2D eigenvalue weighted by atomic mass is 10.3. The lowest BCUT2D eigenvalue weighted by molar-refractivity contribution is -0.136. The first-order valence-electron chi connectivity index (χ1n) is 5.26. The molecule has 0 saturated carbocycles. The van der Waals surface area contributed by atoms with Crippen LogP contribution in [0, 0.1) is 11.3 Å². The van der Waals surface area contributed by atoms with Crippen LogP contribution in [-0.2, 0) is 14.3 Å². The second kappa shape index (κ2) is 7.17. The van der Waals surface area contributed by atoms with E-state index < -0.39 is 6.10 Å². The summed E-state index contributed by atoms with van der Waals surface area (Å²) in [6, 6.07) is 2.01. The number of carbonyl (C=O) groups is 1. The zero-order valence-corrected chi connectivity index (χ0v) is 9.44. The lowest BCUT2D eigenvalue weighted by Gasteiger charge is -2.29. The summed E-state index contributed by atoms with van der Waals surface area (Å²) in [7, 11) is 1.61. The first kappa shape index (κ1) is 12.9. The number of amides is 1. The Hall–Kier alpha value is -1.16. The summed E-state index contributed by atoms with van der Waals surface area (Å²) in [5.41, 5.74) is 0. The van der Waals surface area contributed by atoms with E-state index in [9.17, 15) is 4.79 Å². The van der Waals surface area contributed by atoms with Crippen LogP contribution in [0.25, 0.3) is 0 Å². The van der Waals surface area contributed by atoms with Crippen molar-refractivity contribution >= 4 is 5.91 Å². The van der Waals surface area contributed by atoms with E-state index in [2.05, 4.69) is 5.32 Å². The van der Waals surface area contributed by atoms with E-state index in [0.717, 1.165) is 0 Å². The van der Waals surface area contributed by atoms with Crippen LogP contribution >= 0.6 is 0 Å². The Morgan fingerprint density at radius 2 is 2.56 bits per heavy atom. The van der Waals surface area contributed by atoms with Crippen molar-refractivity contribution in [3.63, 3.8) is 0 Å². The molecule has 90 valence electrons. The molecule has 0 aromatic carbocycles. The van der Waals surface area contributed by atoms with Crippen LogP contribution in [0.3, 0.4) is 0 Å². The molecule has 1 amide bonds. The molecule has 1 aliphatic heterocycles. The molecular weight excluding hydrogens is 210 g/mol. The van der Waals surface area contributed by atoms with Gasteiger partial charge < -0.3 is 19.7 Å². The molecule has 1 atom stereocenters. The maximum absolute atomic E-state index is 11.7. The Balaban J connectivity index is 2.23. The highest BCUT2D eigenvalue weighted by atomic mass is 16.5. The SMILES string of the molecule is COCCNCC(=O)N1CCOC(C#N)C1. The van der Waals surface area contributed by atoms with Crippen LogP contribution < -0.4 is 5.32 Å². The average molecular weight is 227 g/mol. The molecular formula is C10H17N3O3. The van der Waals surface area contributed by atoms with Gasteiger partial charge in [0.15, 0.2) is 6.10 Å². The molecule has 0 aliphatic carbocycles. The fourth-order valence-corrected chi connectivity index (χ4v) is 1.44. The number of nitrogens with one attached hydrogen (secondary N) is 1. The third kappa shape index (κ3) is 4.14. The van der Waals surface area contributed by atoms with Crippen LogP contribution in [0.4, 0.5) is 0 Å². The minimum Gasteiger partial charge on any atom is -0.383 e. The summed E-state index contributed by atoms with van der Waals surface area (Å²) in [4.78, 5) is 13.3. The number of nitrogens with zero attached hydrogens (tertiary/aromatic N) is 2. The third-order valence-corrected chi connectivity index (χ3v) is 2.32. The van der Waals surface area contributed by atoms with Gasteiger partial charge in [0.1, 0.15) is 0 Å². The Bertz CT molecular complexity index is 265. The molecule has 16 heavy (non-hydrogen) atoms. The van der Waals surface area contributed by atoms with Gasteiger partial charge in [-0.15, -0.1) is 0 Å². The van der Waals surface area contributed by atoms with E-state index in [4.69, 9.17) is 14.7 Å². The molecule has 6 heteroatoms. The smallest absolute Gasteiger partial charge is 0.236 e. The molecule has 6 nitrogen and oxygen atoms in total. The maximum Gasteiger partial charge on any atom is 0.236 e. The summed E-state index contributed by atoms with van der Waals surface area (Å²) in [5.74, 6) is -0.000321. The topological polar surface area (TPSA) is 74.6 Å². The summed E-state index contributed by atoms with van der Waals surface area (Å²) in [5, 5.41) is 11.7. The minimum atomic E-state index is -0.489. The highest BCUT2D eigenvalue weighted by Crippen LogP contribution is 2.03. The number of methoxy groups -OCH3 is 1. The fraction of sp³-hybridized carbons (Fsp3) is 0.800. The number of hydrogen-bond donors (Lipinski definition) is 1. The molecule has 1 N–H and O–H groups in total. The monoisotopic (exact) mass is 227 g/mol. The van der Waals surface area contributed by atoms with Gasteiger partial charge in [-0.05, 0) is 0 Å². The Morgan fingerprint density at radius 1 is 1.75 bits per heavy atom. The van der Waals surface area contributed by atoms with Crippen LogP contribution in [0.1, 0.15) is 0 Å². The number of nitriles is 1. The molecule has 0 spiro atoms. The highest BCUT2D eigenvalue weighted by molar-refractivity contribution is 5.78. The van der Waals surface area contributed by atoms with Crippen molar-refractivity contribution in [1.29, 1.82) is 5.26 Å². The van der Waals surface area contributed by atoms with Crippen LogP contribution in [0.2, 0.25) is 0 Å². The van der Waals surface area contributed by atoms with Gasteiger partial charge in [0.2, 0.25) is 5.91 Å². The Labute approximate surface area is 95.1 Å². The molecule has 1 fully saturated rings. The number of morpholine rings is 1. The van der Waals surface area contributed by atoms with E-state index in [1.807, 2.05) is 6.07 Å². The molecule has 0 bridgehead atoms. The second-order valence-electron chi connectivity index (χ2n) is 3.50. The van der Waals surface area contributed by atoms with E-state index in [1.54, 1.807) is 12.0 Å². The second-order valence-corrected chi connectivity index (χ2v) is 3.50. The number of hydrogen-bond acceptors (Lipinski definition) is 5. The van der Waals surface area contributed by atoms with Gasteiger partial charge in [0.05, 0.1) is 32.4 Å². The van der Waals surface area contributed by atoms with Gasteiger partial charge in [0.25, 0.3) is 0 Å². The third-order valence-electron chi connectivity index (χ3n) is 2.32. The van der Waals surface area contributed by atoms with E-state index in [1.165, 1.54) is 0 Å². The largest absolute Gasteiger partial charge is 0.383 e. The molecule has 0 aromatic rings. The summed E-state index contributed by atoms with van der Waals surface area (Å²) in [6.45, 7) is 2.86. The molecule has 1 rings (SSSR count). The molecule has 1 heterocycles. The highest BCUT2D eigenvalue weighted by Gasteiger charge is 2.23. The maximum atomic E-state index is 11.7. The average Bonchev–Trinajstić information content (AvgIpc) is 2.34. The summed E-state index contributed by atoms with van der Waals surface area (Å²) < 4.78 is 10.0. The van der Waals surface area contributed by atoms with Gasteiger partial charge in [-0.25, -0.2) is 0 Å². The fourth-order valence-electron chi connectivity index (χ4n) is 1.44. The molecule has 1 aliphatic rings. The Kier molecular flexibility index (Phi) is 5.78. The van der Waals surface area contributed by atoms with Crippen molar-refractivity contribution in [2.75, 3.05) is 46.5 Å². The van der Waals surface area contributed by atoms with Crippen LogP contribution in [0.5, 0.6) is 0 Å². The van der Waals surface area contributed by atoms with Gasteiger partial charge in [-0.2, -0.15) is 5.26 Å². The molecule has 1 unspecified atom stereocenters. The standard InChI is InChI=1S/C10H17N3O3/c1-15-4-2-12-7-10(14)13-3-5-16-9(6-11)8-13/h9,12H,2-5,7-8H2,1H3. The predicted molar refractivity (Wildman–Crippen MR) is 56.7 cm³/mol. The van der Waals surface area contributed by atoms with Crippen LogP contribution in [0.15, 0.2) is 0 Å². The van der Waals surface area contributed by atoms with Gasteiger partial charge in [-0.1, -0.05) is 0 Å². The van der Waals surface area contributed by atoms with Crippen molar-refractivity contribution in [3.8, 4) is 6.07 Å². The van der Waals surface area contributed by atoms with Crippen molar-refractivity contribution in [2.45, 2.75) is 6.10 Å². The zero-order chi connectivity index (χ0) is 11.8. The van der Waals surface area contributed by atoms with E-state index >= 15 is 0 Å². The van der Waals surface area contributed by atoms with Gasteiger partial charge >= 0.3 is 0 Å². The quantitative estimate of drug-likeness (QED) is 0.608. The van der Waals surface area contributed by atoms with Crippen molar-refractivity contribution in [1.82, 2.24) is 10.2 Å². The first-order chi connectivity index (χ1) is 7.77. The normalized spacial score (nSPS) is 20.5. The summed E-state index contributed by atoms with van der Waals surface area (Å²) in [6.07, 6.45) is -0.489. The molecule has 0 aromatic heterocycles. The number of ether oxygens (including phenoxy) is 2. The zero-order valence-electron chi connectivity index (χ0n) is 9.44. The van der Waals surface area contributed by atoms with Crippen molar-refractivity contribution in [3.05, 3.63) is 0 Å². The first-order valence-corrected chi connectivity index (χ1v) is 5.26. The summed E-state index contributed by atoms with van der Waals surface area (Å²) >= 11 is 0. The van der Waals surface area contributed by atoms with Crippen molar-refractivity contribution < 1.29 is 14.3 Å². The predicted octanol–water partition coefficient (Wildman–Crippen LogP) is -1.03.